The average Bonchev–Trinajstić information content (AvgIpc) is 2.75. The van der Waals surface area contributed by atoms with Crippen LogP contribution in [0.1, 0.15) is 29.6 Å². The van der Waals surface area contributed by atoms with Crippen LogP contribution in [0.25, 0.3) is 5.69 Å². The van der Waals surface area contributed by atoms with Gasteiger partial charge in [0, 0.05) is 25.7 Å². The summed E-state index contributed by atoms with van der Waals surface area (Å²) < 4.78 is 5.97. The Morgan fingerprint density at radius 2 is 2.00 bits per heavy atom. The van der Waals surface area contributed by atoms with Crippen LogP contribution >= 0.6 is 11.6 Å². The number of para-hydroxylation sites is 1. The molecular weight excluding hydrogens is 380 g/mol. The van der Waals surface area contributed by atoms with E-state index in [1.165, 1.54) is 26.4 Å². The number of esters is 1. The van der Waals surface area contributed by atoms with E-state index in [0.29, 0.717) is 17.4 Å². The zero-order chi connectivity index (χ0) is 19.7. The Kier molecular flexibility index (Phi) is 5.37. The molecule has 0 amide bonds. The summed E-state index contributed by atoms with van der Waals surface area (Å²) in [6, 6.07) is 7.19. The Morgan fingerprint density at radius 3 is 2.82 bits per heavy atom. The number of halogens is 1. The lowest BCUT2D eigenvalue weighted by Gasteiger charge is -2.44. The smallest absolute Gasteiger partial charge is 0.340 e. The second-order valence-corrected chi connectivity index (χ2v) is 7.58. The van der Waals surface area contributed by atoms with E-state index >= 15 is 0 Å². The molecule has 4 rings (SSSR count). The van der Waals surface area contributed by atoms with Crippen molar-refractivity contribution in [2.75, 3.05) is 38.2 Å². The second kappa shape index (κ2) is 7.93. The Balaban J connectivity index is 1.67. The van der Waals surface area contributed by atoms with Gasteiger partial charge in [0.25, 0.3) is 5.56 Å². The van der Waals surface area contributed by atoms with Crippen molar-refractivity contribution in [3.8, 4) is 5.69 Å². The third kappa shape index (κ3) is 3.40. The molecule has 28 heavy (non-hydrogen) atoms. The summed E-state index contributed by atoms with van der Waals surface area (Å²) in [5.41, 5.74) is 0.828. The van der Waals surface area contributed by atoms with Gasteiger partial charge in [-0.2, -0.15) is 9.78 Å². The molecule has 0 spiro atoms. The van der Waals surface area contributed by atoms with Crippen LogP contribution in [0.15, 0.2) is 35.3 Å². The fraction of sp³-hybridized carbons (Fsp3) is 0.450. The summed E-state index contributed by atoms with van der Waals surface area (Å²) in [5.74, 6) is -0.530. The average molecular weight is 403 g/mol. The van der Waals surface area contributed by atoms with Crippen molar-refractivity contribution in [1.29, 1.82) is 0 Å². The molecule has 0 saturated carbocycles. The molecule has 7 nitrogen and oxygen atoms in total. The normalized spacial score (nSPS) is 19.9. The summed E-state index contributed by atoms with van der Waals surface area (Å²) >= 11 is 6.48. The zero-order valence-corrected chi connectivity index (χ0v) is 16.6. The summed E-state index contributed by atoms with van der Waals surface area (Å²) in [4.78, 5) is 29.7. The number of aromatic nitrogens is 2. The molecule has 1 aromatic heterocycles. The number of fused-ring (bicyclic) bond motifs is 1. The van der Waals surface area contributed by atoms with Crippen LogP contribution in [-0.2, 0) is 4.74 Å². The molecule has 0 bridgehead atoms. The maximum Gasteiger partial charge on any atom is 0.340 e. The highest BCUT2D eigenvalue weighted by Gasteiger charge is 2.30. The summed E-state index contributed by atoms with van der Waals surface area (Å²) in [6.07, 6.45) is 5.29. The van der Waals surface area contributed by atoms with Gasteiger partial charge >= 0.3 is 5.97 Å². The van der Waals surface area contributed by atoms with E-state index in [1.807, 2.05) is 0 Å². The fourth-order valence-electron chi connectivity index (χ4n) is 4.13. The van der Waals surface area contributed by atoms with Crippen molar-refractivity contribution >= 4 is 23.3 Å². The molecule has 2 fully saturated rings. The lowest BCUT2D eigenvalue weighted by Crippen LogP contribution is -2.55. The Bertz CT molecular complexity index is 945. The van der Waals surface area contributed by atoms with Gasteiger partial charge in [-0.3, -0.25) is 9.69 Å². The third-order valence-corrected chi connectivity index (χ3v) is 5.97. The number of carbonyl (C=O) groups excluding carboxylic acids is 1. The van der Waals surface area contributed by atoms with Crippen LogP contribution < -0.4 is 10.5 Å². The number of hydrogen-bond donors (Lipinski definition) is 0. The number of piperazine rings is 1. The molecule has 148 valence electrons. The molecule has 2 saturated heterocycles. The van der Waals surface area contributed by atoms with Crippen molar-refractivity contribution in [2.24, 2.45) is 0 Å². The number of methoxy groups -OCH3 is 1. The van der Waals surface area contributed by atoms with Gasteiger partial charge in [0.2, 0.25) is 0 Å². The maximum absolute atomic E-state index is 13.0. The van der Waals surface area contributed by atoms with Crippen molar-refractivity contribution in [3.05, 3.63) is 51.4 Å². The first-order valence-corrected chi connectivity index (χ1v) is 9.92. The van der Waals surface area contributed by atoms with E-state index in [9.17, 15) is 9.59 Å². The van der Waals surface area contributed by atoms with Gasteiger partial charge in [0.15, 0.2) is 0 Å². The van der Waals surface area contributed by atoms with Crippen LogP contribution in [0.4, 0.5) is 5.69 Å². The molecule has 0 aliphatic carbocycles. The molecule has 0 radical (unpaired) electrons. The summed E-state index contributed by atoms with van der Waals surface area (Å²) in [7, 11) is 1.30. The van der Waals surface area contributed by atoms with E-state index in [-0.39, 0.29) is 10.6 Å². The van der Waals surface area contributed by atoms with Crippen molar-refractivity contribution in [3.63, 3.8) is 0 Å². The number of carbonyl (C=O) groups is 1. The van der Waals surface area contributed by atoms with Crippen LogP contribution in [-0.4, -0.2) is 60.0 Å². The number of anilines is 1. The molecule has 1 aromatic carbocycles. The highest BCUT2D eigenvalue weighted by atomic mass is 35.5. The lowest BCUT2D eigenvalue weighted by molar-refractivity contribution is 0.0600. The van der Waals surface area contributed by atoms with E-state index < -0.39 is 11.5 Å². The zero-order valence-electron chi connectivity index (χ0n) is 15.8. The van der Waals surface area contributed by atoms with Gasteiger partial charge in [-0.05, 0) is 31.5 Å². The number of piperidine rings is 1. The Hall–Kier alpha value is -2.38. The monoisotopic (exact) mass is 402 g/mol. The summed E-state index contributed by atoms with van der Waals surface area (Å²) in [5, 5.41) is 4.45. The van der Waals surface area contributed by atoms with E-state index in [4.69, 9.17) is 16.3 Å². The predicted octanol–water partition coefficient (Wildman–Crippen LogP) is 2.35. The molecule has 2 aliphatic rings. The topological polar surface area (TPSA) is 67.7 Å². The van der Waals surface area contributed by atoms with Crippen LogP contribution in [0.2, 0.25) is 5.02 Å². The second-order valence-electron chi connectivity index (χ2n) is 7.20. The van der Waals surface area contributed by atoms with Crippen LogP contribution in [0.5, 0.6) is 0 Å². The predicted molar refractivity (Wildman–Crippen MR) is 108 cm³/mol. The minimum Gasteiger partial charge on any atom is -0.465 e. The van der Waals surface area contributed by atoms with Crippen LogP contribution in [0.3, 0.4) is 0 Å². The van der Waals surface area contributed by atoms with Gasteiger partial charge in [-0.25, -0.2) is 4.79 Å². The molecular formula is C20H23ClN4O3. The van der Waals surface area contributed by atoms with Crippen LogP contribution in [0, 0.1) is 0 Å². The molecule has 8 heteroatoms. The largest absolute Gasteiger partial charge is 0.465 e. The molecule has 2 aliphatic heterocycles. The standard InChI is InChI=1S/C20H23ClN4O3/c1-28-20(27)15-7-2-3-8-16(15)25-19(26)18(21)17(12-22-25)24-11-10-23-9-5-4-6-14(23)13-24/h2-3,7-8,12,14H,4-6,9-11,13H2,1H3. The quantitative estimate of drug-likeness (QED) is 0.734. The number of benzene rings is 1. The van der Waals surface area contributed by atoms with Crippen molar-refractivity contribution in [1.82, 2.24) is 14.7 Å². The van der Waals surface area contributed by atoms with Gasteiger partial charge in [0.05, 0.1) is 30.2 Å². The lowest BCUT2D eigenvalue weighted by atomic mass is 9.99. The summed E-state index contributed by atoms with van der Waals surface area (Å²) in [6.45, 7) is 3.79. The SMILES string of the molecule is COC(=O)c1ccccc1-n1ncc(N2CCN3CCCCC3C2)c(Cl)c1=O. The minimum absolute atomic E-state index is 0.124. The first-order chi connectivity index (χ1) is 13.6. The Labute approximate surface area is 168 Å². The molecule has 0 N–H and O–H groups in total. The number of rotatable bonds is 3. The van der Waals surface area contributed by atoms with E-state index in [1.54, 1.807) is 30.5 Å². The molecule has 2 aromatic rings. The highest BCUT2D eigenvalue weighted by Crippen LogP contribution is 2.28. The molecule has 3 heterocycles. The number of nitrogens with zero attached hydrogens (tertiary/aromatic N) is 4. The van der Waals surface area contributed by atoms with Gasteiger partial charge in [-0.15, -0.1) is 0 Å². The highest BCUT2D eigenvalue weighted by molar-refractivity contribution is 6.33. The maximum atomic E-state index is 13.0. The van der Waals surface area contributed by atoms with Crippen molar-refractivity contribution < 1.29 is 9.53 Å². The fourth-order valence-corrected chi connectivity index (χ4v) is 4.38. The third-order valence-electron chi connectivity index (χ3n) is 5.62. The van der Waals surface area contributed by atoms with E-state index in [0.717, 1.165) is 30.9 Å². The van der Waals surface area contributed by atoms with Crippen molar-refractivity contribution in [2.45, 2.75) is 25.3 Å². The molecule has 1 atom stereocenters. The number of hydrogen-bond acceptors (Lipinski definition) is 6. The van der Waals surface area contributed by atoms with Gasteiger partial charge in [0.1, 0.15) is 5.02 Å². The number of ether oxygens (including phenoxy) is 1. The Morgan fingerprint density at radius 1 is 1.18 bits per heavy atom. The van der Waals surface area contributed by atoms with Gasteiger partial charge < -0.3 is 9.64 Å². The van der Waals surface area contributed by atoms with Gasteiger partial charge in [-0.1, -0.05) is 30.2 Å². The van der Waals surface area contributed by atoms with E-state index in [2.05, 4.69) is 14.9 Å². The molecule has 1 unspecified atom stereocenters. The first-order valence-electron chi connectivity index (χ1n) is 9.54. The minimum atomic E-state index is -0.530. The first kappa shape index (κ1) is 19.0.